The summed E-state index contributed by atoms with van der Waals surface area (Å²) in [5.74, 6) is 2.13. The summed E-state index contributed by atoms with van der Waals surface area (Å²) in [5, 5.41) is 13.4. The minimum absolute atomic E-state index is 0.255. The highest BCUT2D eigenvalue weighted by Crippen LogP contribution is 2.30. The van der Waals surface area contributed by atoms with E-state index in [4.69, 9.17) is 5.10 Å². The molecule has 3 aromatic rings. The van der Waals surface area contributed by atoms with E-state index in [0.717, 1.165) is 56.3 Å². The van der Waals surface area contributed by atoms with Crippen molar-refractivity contribution in [3.05, 3.63) is 36.3 Å². The molecule has 2 fully saturated rings. The molecular formula is C17H19FN8. The van der Waals surface area contributed by atoms with Gasteiger partial charge in [0, 0.05) is 32.1 Å². The van der Waals surface area contributed by atoms with Gasteiger partial charge in [0.05, 0.1) is 6.20 Å². The molecule has 5 heterocycles. The molecule has 0 unspecified atom stereocenters. The minimum Gasteiger partial charge on any atom is -0.355 e. The topological polar surface area (TPSA) is 75.3 Å². The molecule has 0 spiro atoms. The van der Waals surface area contributed by atoms with Crippen molar-refractivity contribution >= 4 is 17.3 Å². The van der Waals surface area contributed by atoms with Crippen LogP contribution >= 0.6 is 0 Å². The Morgan fingerprint density at radius 1 is 1.00 bits per heavy atom. The second-order valence-electron chi connectivity index (χ2n) is 6.82. The molecular weight excluding hydrogens is 335 g/mol. The van der Waals surface area contributed by atoms with E-state index in [9.17, 15) is 4.39 Å². The zero-order valence-corrected chi connectivity index (χ0v) is 14.3. The van der Waals surface area contributed by atoms with E-state index < -0.39 is 0 Å². The maximum Gasteiger partial charge on any atom is 0.183 e. The lowest BCUT2D eigenvalue weighted by molar-refractivity contribution is 0.467. The third-order valence-corrected chi connectivity index (χ3v) is 5.26. The Morgan fingerprint density at radius 2 is 1.85 bits per heavy atom. The van der Waals surface area contributed by atoms with Gasteiger partial charge >= 0.3 is 0 Å². The fraction of sp³-hybridized carbons (Fsp3) is 0.471. The van der Waals surface area contributed by atoms with Crippen molar-refractivity contribution in [3.8, 4) is 0 Å². The number of halogens is 1. The number of aromatic nitrogens is 6. The predicted molar refractivity (Wildman–Crippen MR) is 93.8 cm³/mol. The maximum atomic E-state index is 13.9. The van der Waals surface area contributed by atoms with Crippen molar-refractivity contribution in [2.45, 2.75) is 25.2 Å². The summed E-state index contributed by atoms with van der Waals surface area (Å²) >= 11 is 0. The van der Waals surface area contributed by atoms with Gasteiger partial charge in [-0.25, -0.2) is 14.4 Å². The van der Waals surface area contributed by atoms with Crippen LogP contribution in [0.2, 0.25) is 0 Å². The molecule has 2 aliphatic rings. The van der Waals surface area contributed by atoms with Crippen LogP contribution in [-0.4, -0.2) is 56.0 Å². The van der Waals surface area contributed by atoms with Crippen molar-refractivity contribution in [1.82, 2.24) is 29.8 Å². The first kappa shape index (κ1) is 15.4. The van der Waals surface area contributed by atoms with Crippen molar-refractivity contribution < 1.29 is 4.39 Å². The summed E-state index contributed by atoms with van der Waals surface area (Å²) in [6.07, 6.45) is 5.53. The molecule has 0 aliphatic carbocycles. The highest BCUT2D eigenvalue weighted by atomic mass is 19.1. The third kappa shape index (κ3) is 2.54. The number of rotatable bonds is 3. The van der Waals surface area contributed by atoms with E-state index >= 15 is 0 Å². The van der Waals surface area contributed by atoms with Crippen molar-refractivity contribution in [3.63, 3.8) is 0 Å². The summed E-state index contributed by atoms with van der Waals surface area (Å²) < 4.78 is 15.8. The number of fused-ring (bicyclic) bond motifs is 1. The smallest absolute Gasteiger partial charge is 0.183 e. The third-order valence-electron chi connectivity index (χ3n) is 5.26. The summed E-state index contributed by atoms with van der Waals surface area (Å²) in [6, 6.07) is 3.98. The lowest BCUT2D eigenvalue weighted by atomic mass is 9.96. The Balaban J connectivity index is 1.37. The summed E-state index contributed by atoms with van der Waals surface area (Å²) in [7, 11) is 0. The molecule has 0 N–H and O–H groups in total. The molecule has 2 aliphatic heterocycles. The van der Waals surface area contributed by atoms with Gasteiger partial charge in [0.2, 0.25) is 0 Å². The second kappa shape index (κ2) is 6.15. The molecule has 8 nitrogen and oxygen atoms in total. The quantitative estimate of drug-likeness (QED) is 0.708. The first-order valence-electron chi connectivity index (χ1n) is 8.97. The van der Waals surface area contributed by atoms with Crippen LogP contribution in [0.15, 0.2) is 24.7 Å². The standard InChI is InChI=1S/C17H19FN8/c18-13-10-19-11-20-17(13)25-8-4-12(5-9-25)16-22-21-14-2-3-15(23-26(14)16)24-6-1-7-24/h2-3,10-12H,1,4-9H2. The van der Waals surface area contributed by atoms with Gasteiger partial charge in [0.15, 0.2) is 23.1 Å². The van der Waals surface area contributed by atoms with E-state index in [1.807, 2.05) is 21.5 Å². The normalized spacial score (nSPS) is 18.3. The summed E-state index contributed by atoms with van der Waals surface area (Å²) in [6.45, 7) is 3.55. The van der Waals surface area contributed by atoms with E-state index in [2.05, 4.69) is 25.1 Å². The summed E-state index contributed by atoms with van der Waals surface area (Å²) in [4.78, 5) is 12.0. The predicted octanol–water partition coefficient (Wildman–Crippen LogP) is 1.65. The van der Waals surface area contributed by atoms with E-state index in [0.29, 0.717) is 5.82 Å². The van der Waals surface area contributed by atoms with Crippen LogP contribution in [0.4, 0.5) is 16.0 Å². The number of nitrogens with zero attached hydrogens (tertiary/aromatic N) is 8. The van der Waals surface area contributed by atoms with Crippen LogP contribution in [0.25, 0.3) is 5.65 Å². The molecule has 9 heteroatoms. The molecule has 0 aromatic carbocycles. The monoisotopic (exact) mass is 354 g/mol. The molecule has 26 heavy (non-hydrogen) atoms. The molecule has 0 amide bonds. The molecule has 0 atom stereocenters. The average Bonchev–Trinajstić information content (AvgIpc) is 3.04. The van der Waals surface area contributed by atoms with Gasteiger partial charge in [-0.3, -0.25) is 0 Å². The molecule has 0 radical (unpaired) electrons. The molecule has 0 saturated carbocycles. The maximum absolute atomic E-state index is 13.9. The lowest BCUT2D eigenvalue weighted by Gasteiger charge is -2.32. The average molecular weight is 354 g/mol. The van der Waals surface area contributed by atoms with Gasteiger partial charge in [-0.2, -0.15) is 4.52 Å². The zero-order valence-electron chi connectivity index (χ0n) is 14.3. The Kier molecular flexibility index (Phi) is 3.65. The fourth-order valence-corrected chi connectivity index (χ4v) is 3.65. The summed E-state index contributed by atoms with van der Waals surface area (Å²) in [5.41, 5.74) is 0.772. The number of hydrogen-bond acceptors (Lipinski definition) is 7. The van der Waals surface area contributed by atoms with E-state index in [1.165, 1.54) is 18.9 Å². The van der Waals surface area contributed by atoms with Gasteiger partial charge < -0.3 is 9.80 Å². The largest absolute Gasteiger partial charge is 0.355 e. The van der Waals surface area contributed by atoms with Gasteiger partial charge in [0.25, 0.3) is 0 Å². The highest BCUT2D eigenvalue weighted by molar-refractivity contribution is 5.47. The number of hydrogen-bond donors (Lipinski definition) is 0. The Bertz CT molecular complexity index is 929. The Morgan fingerprint density at radius 3 is 2.58 bits per heavy atom. The van der Waals surface area contributed by atoms with Gasteiger partial charge in [-0.1, -0.05) is 0 Å². The van der Waals surface area contributed by atoms with Crippen LogP contribution in [-0.2, 0) is 0 Å². The molecule has 5 rings (SSSR count). The molecule has 2 saturated heterocycles. The van der Waals surface area contributed by atoms with Gasteiger partial charge in [-0.15, -0.1) is 15.3 Å². The minimum atomic E-state index is -0.375. The fourth-order valence-electron chi connectivity index (χ4n) is 3.65. The van der Waals surface area contributed by atoms with Crippen LogP contribution in [0, 0.1) is 5.82 Å². The van der Waals surface area contributed by atoms with Crippen LogP contribution in [0.5, 0.6) is 0 Å². The lowest BCUT2D eigenvalue weighted by Crippen LogP contribution is -2.38. The highest BCUT2D eigenvalue weighted by Gasteiger charge is 2.27. The first-order valence-corrected chi connectivity index (χ1v) is 8.97. The first-order chi connectivity index (χ1) is 12.8. The SMILES string of the molecule is Fc1cncnc1N1CCC(c2nnc3ccc(N4CCC4)nn23)CC1. The Hall–Kier alpha value is -2.84. The Labute approximate surface area is 149 Å². The zero-order chi connectivity index (χ0) is 17.5. The van der Waals surface area contributed by atoms with E-state index in [1.54, 1.807) is 0 Å². The number of anilines is 2. The molecule has 0 bridgehead atoms. The second-order valence-corrected chi connectivity index (χ2v) is 6.82. The number of piperidine rings is 1. The van der Waals surface area contributed by atoms with Crippen molar-refractivity contribution in [2.24, 2.45) is 0 Å². The van der Waals surface area contributed by atoms with Crippen molar-refractivity contribution in [2.75, 3.05) is 36.0 Å². The molecule has 3 aromatic heterocycles. The van der Waals surface area contributed by atoms with Gasteiger partial charge in [-0.05, 0) is 31.4 Å². The van der Waals surface area contributed by atoms with E-state index in [-0.39, 0.29) is 11.7 Å². The van der Waals surface area contributed by atoms with Crippen molar-refractivity contribution in [1.29, 1.82) is 0 Å². The van der Waals surface area contributed by atoms with Crippen LogP contribution in [0.1, 0.15) is 31.0 Å². The van der Waals surface area contributed by atoms with Gasteiger partial charge in [0.1, 0.15) is 12.1 Å². The van der Waals surface area contributed by atoms with Crippen LogP contribution < -0.4 is 9.80 Å². The molecule has 134 valence electrons. The van der Waals surface area contributed by atoms with Crippen LogP contribution in [0.3, 0.4) is 0 Å².